The highest BCUT2D eigenvalue weighted by molar-refractivity contribution is 6.08. The summed E-state index contributed by atoms with van der Waals surface area (Å²) in [6, 6.07) is 38.7. The van der Waals surface area contributed by atoms with E-state index in [0.29, 0.717) is 24.3 Å². The number of nitrogens with zero attached hydrogens (tertiary/aromatic N) is 1. The van der Waals surface area contributed by atoms with Gasteiger partial charge in [0, 0.05) is 51.7 Å². The van der Waals surface area contributed by atoms with Crippen molar-refractivity contribution < 1.29 is 18.3 Å². The molecule has 7 aromatic carbocycles. The lowest BCUT2D eigenvalue weighted by molar-refractivity contribution is 0.122. The zero-order valence-corrected chi connectivity index (χ0v) is 32.0. The number of anilines is 1. The highest BCUT2D eigenvalue weighted by Gasteiger charge is 2.46. The number of ether oxygens (including phenoxy) is 2. The summed E-state index contributed by atoms with van der Waals surface area (Å²) >= 11 is 0. The van der Waals surface area contributed by atoms with Gasteiger partial charge in [-0.25, -0.2) is 8.78 Å². The van der Waals surface area contributed by atoms with Crippen LogP contribution in [0.3, 0.4) is 0 Å². The minimum Gasteiger partial charge on any atom is -0.472 e. The van der Waals surface area contributed by atoms with Crippen LogP contribution in [0.2, 0.25) is 0 Å². The average Bonchev–Trinajstić information content (AvgIpc) is 3.60. The zero-order chi connectivity index (χ0) is 38.1. The second-order valence-corrected chi connectivity index (χ2v) is 16.9. The van der Waals surface area contributed by atoms with Crippen LogP contribution in [0.4, 0.5) is 14.5 Å². The van der Waals surface area contributed by atoms with Crippen LogP contribution in [0.25, 0.3) is 49.9 Å². The minimum atomic E-state index is -1.05. The molecule has 0 saturated carbocycles. The Bertz CT molecular complexity index is 2850. The number of hydrogen-bond donors (Lipinski definition) is 0. The summed E-state index contributed by atoms with van der Waals surface area (Å²) < 4.78 is 43.6. The number of fused-ring (bicyclic) bond motifs is 13. The predicted molar refractivity (Wildman–Crippen MR) is 223 cm³/mol. The average molecular weight is 738 g/mol. The van der Waals surface area contributed by atoms with Crippen LogP contribution in [0, 0.1) is 11.6 Å². The first kappa shape index (κ1) is 33.5. The third-order valence-electron chi connectivity index (χ3n) is 13.2. The molecule has 11 rings (SSSR count). The molecule has 4 aliphatic rings. The number of benzene rings is 7. The van der Waals surface area contributed by atoms with E-state index in [0.717, 1.165) is 63.1 Å². The summed E-state index contributed by atoms with van der Waals surface area (Å²) in [6.07, 6.45) is 4.37. The zero-order valence-electron chi connectivity index (χ0n) is 32.0. The van der Waals surface area contributed by atoms with Crippen molar-refractivity contribution in [3.8, 4) is 28.0 Å². The van der Waals surface area contributed by atoms with Crippen molar-refractivity contribution in [3.63, 3.8) is 0 Å². The number of morpholine rings is 1. The van der Waals surface area contributed by atoms with Crippen LogP contribution in [0.1, 0.15) is 66.6 Å². The molecular formula is C51H41F2NO2. The van der Waals surface area contributed by atoms with Gasteiger partial charge in [0.05, 0.1) is 13.2 Å². The van der Waals surface area contributed by atoms with Gasteiger partial charge in [0.2, 0.25) is 0 Å². The van der Waals surface area contributed by atoms with E-state index in [1.54, 1.807) is 12.1 Å². The Kier molecular flexibility index (Phi) is 6.96. The Hall–Kier alpha value is -5.78. The summed E-state index contributed by atoms with van der Waals surface area (Å²) in [6.45, 7) is 12.0. The molecule has 2 aliphatic carbocycles. The van der Waals surface area contributed by atoms with Gasteiger partial charge in [-0.15, -0.1) is 0 Å². The molecule has 1 saturated heterocycles. The van der Waals surface area contributed by atoms with Crippen LogP contribution in [0.5, 0.6) is 5.75 Å². The van der Waals surface area contributed by atoms with Crippen LogP contribution in [0.15, 0.2) is 121 Å². The molecule has 56 heavy (non-hydrogen) atoms. The van der Waals surface area contributed by atoms with Gasteiger partial charge in [-0.1, -0.05) is 107 Å². The maximum absolute atomic E-state index is 15.5. The Morgan fingerprint density at radius 2 is 1.29 bits per heavy atom. The van der Waals surface area contributed by atoms with Crippen LogP contribution in [-0.2, 0) is 21.2 Å². The van der Waals surface area contributed by atoms with Crippen molar-refractivity contribution in [2.75, 3.05) is 31.2 Å². The lowest BCUT2D eigenvalue weighted by atomic mass is 9.75. The smallest absolute Gasteiger partial charge is 0.178 e. The molecule has 1 unspecified atom stereocenters. The summed E-state index contributed by atoms with van der Waals surface area (Å²) in [4.78, 5) is 2.36. The Balaban J connectivity index is 1.15. The first-order valence-electron chi connectivity index (χ1n) is 19.7. The molecule has 1 fully saturated rings. The predicted octanol–water partition coefficient (Wildman–Crippen LogP) is 12.1. The van der Waals surface area contributed by atoms with Gasteiger partial charge in [-0.3, -0.25) is 0 Å². The van der Waals surface area contributed by atoms with E-state index < -0.39 is 11.0 Å². The molecule has 1 atom stereocenters. The molecular weight excluding hydrogens is 697 g/mol. The highest BCUT2D eigenvalue weighted by atomic mass is 19.1. The van der Waals surface area contributed by atoms with Crippen molar-refractivity contribution in [2.24, 2.45) is 0 Å². The monoisotopic (exact) mass is 737 g/mol. The number of hydrogen-bond acceptors (Lipinski definition) is 3. The van der Waals surface area contributed by atoms with Crippen molar-refractivity contribution >= 4 is 33.3 Å². The number of rotatable bonds is 3. The third kappa shape index (κ3) is 4.52. The van der Waals surface area contributed by atoms with E-state index in [2.05, 4.69) is 124 Å². The summed E-state index contributed by atoms with van der Waals surface area (Å²) in [5, 5.41) is 4.07. The normalized spacial score (nSPS) is 19.6. The lowest BCUT2D eigenvalue weighted by Gasteiger charge is -2.39. The van der Waals surface area contributed by atoms with Crippen LogP contribution >= 0.6 is 0 Å². The van der Waals surface area contributed by atoms with Gasteiger partial charge in [-0.2, -0.15) is 0 Å². The molecule has 0 N–H and O–H groups in total. The van der Waals surface area contributed by atoms with Gasteiger partial charge >= 0.3 is 0 Å². The summed E-state index contributed by atoms with van der Waals surface area (Å²) in [5.74, 6) is 0.0300. The van der Waals surface area contributed by atoms with Gasteiger partial charge in [0.15, 0.2) is 5.60 Å². The minimum absolute atomic E-state index is 0.260. The van der Waals surface area contributed by atoms with E-state index >= 15 is 4.39 Å². The van der Waals surface area contributed by atoms with Crippen LogP contribution < -0.4 is 9.64 Å². The van der Waals surface area contributed by atoms with Crippen LogP contribution in [-0.4, -0.2) is 26.3 Å². The van der Waals surface area contributed by atoms with Crippen molar-refractivity contribution in [3.05, 3.63) is 172 Å². The maximum Gasteiger partial charge on any atom is 0.178 e. The number of halogens is 2. The van der Waals surface area contributed by atoms with Crippen molar-refractivity contribution in [2.45, 2.75) is 44.1 Å². The molecule has 7 aromatic rings. The van der Waals surface area contributed by atoms with Gasteiger partial charge in [0.1, 0.15) is 17.4 Å². The lowest BCUT2D eigenvalue weighted by Crippen LogP contribution is -2.37. The molecule has 0 radical (unpaired) electrons. The van der Waals surface area contributed by atoms with E-state index in [4.69, 9.17) is 9.47 Å². The summed E-state index contributed by atoms with van der Waals surface area (Å²) in [5.41, 5.74) is 11.2. The second-order valence-electron chi connectivity index (χ2n) is 16.9. The molecule has 0 aromatic heterocycles. The highest BCUT2D eigenvalue weighted by Crippen LogP contribution is 2.59. The van der Waals surface area contributed by atoms with E-state index in [1.807, 2.05) is 12.1 Å². The van der Waals surface area contributed by atoms with Gasteiger partial charge in [0.25, 0.3) is 0 Å². The van der Waals surface area contributed by atoms with E-state index in [9.17, 15) is 4.39 Å². The standard InChI is InChI=1S/C51H41F2NO2/c1-49(2)42-20-9-30-7-5-6-8-36(30)45(42)38-17-12-32(27-43(38)49)51(31-10-15-35(16-11-31)54-23-25-55-26-24-54)22-21-40-47-46(37-18-13-33(52)28-41(37)48(40)56-51)39-19-14-34(53)29-44(39)50(47,3)4/h5-22,27-29H,23-26H2,1-4H3. The van der Waals surface area contributed by atoms with Crippen molar-refractivity contribution in [1.82, 2.24) is 0 Å². The summed E-state index contributed by atoms with van der Waals surface area (Å²) in [7, 11) is 0. The van der Waals surface area contributed by atoms with E-state index in [-0.39, 0.29) is 17.0 Å². The largest absolute Gasteiger partial charge is 0.472 e. The van der Waals surface area contributed by atoms with Gasteiger partial charge in [-0.05, 0) is 109 Å². The Morgan fingerprint density at radius 3 is 2.11 bits per heavy atom. The Morgan fingerprint density at radius 1 is 0.589 bits per heavy atom. The first-order chi connectivity index (χ1) is 27.1. The molecule has 276 valence electrons. The first-order valence-corrected chi connectivity index (χ1v) is 19.7. The fourth-order valence-electron chi connectivity index (χ4n) is 10.4. The Labute approximate surface area is 325 Å². The molecule has 0 amide bonds. The fourth-order valence-corrected chi connectivity index (χ4v) is 10.4. The maximum atomic E-state index is 15.5. The molecule has 3 nitrogen and oxygen atoms in total. The topological polar surface area (TPSA) is 21.7 Å². The molecule has 0 spiro atoms. The fraction of sp³-hybridized carbons (Fsp3) is 0.216. The quantitative estimate of drug-likeness (QED) is 0.180. The second kappa shape index (κ2) is 11.6. The van der Waals surface area contributed by atoms with Gasteiger partial charge < -0.3 is 14.4 Å². The molecule has 5 heteroatoms. The SMILES string of the molecule is CC1(C)c2cc(C3(c4ccc(N5CCOCC5)cc4)C=Cc4c5c(c6ccc(F)cc6c4O3)-c3ccc(F)cc3C5(C)C)ccc2-c2c1ccc1ccccc21. The van der Waals surface area contributed by atoms with E-state index in [1.165, 1.54) is 45.2 Å². The third-order valence-corrected chi connectivity index (χ3v) is 13.2. The molecule has 2 heterocycles. The molecule has 0 bridgehead atoms. The molecule has 2 aliphatic heterocycles. The van der Waals surface area contributed by atoms with Crippen molar-refractivity contribution in [1.29, 1.82) is 0 Å².